The van der Waals surface area contributed by atoms with Gasteiger partial charge in [0.1, 0.15) is 0 Å². The van der Waals surface area contributed by atoms with Gasteiger partial charge in [-0.1, -0.05) is 48.7 Å². The number of nitrogens with one attached hydrogen (secondary N) is 2. The van der Waals surface area contributed by atoms with Crippen LogP contribution in [0.2, 0.25) is 10.0 Å². The number of halogens is 2. The Morgan fingerprint density at radius 2 is 1.57 bits per heavy atom. The minimum atomic E-state index is 0.567. The average molecular weight is 323 g/mol. The molecule has 0 aromatic heterocycles. The molecule has 2 aromatic carbocycles. The van der Waals surface area contributed by atoms with Gasteiger partial charge in [0.15, 0.2) is 0 Å². The van der Waals surface area contributed by atoms with Crippen LogP contribution < -0.4 is 10.6 Å². The second-order valence-electron chi connectivity index (χ2n) is 4.96. The third-order valence-electron chi connectivity index (χ3n) is 3.23. The predicted octanol–water partition coefficient (Wildman–Crippen LogP) is 5.82. The van der Waals surface area contributed by atoms with E-state index in [1.807, 2.05) is 12.1 Å². The van der Waals surface area contributed by atoms with E-state index in [1.165, 1.54) is 24.1 Å². The van der Waals surface area contributed by atoms with E-state index in [4.69, 9.17) is 23.2 Å². The standard InChI is InChI=1S/C17H20Cl2N2/c1-2-3-10-20-14-6-4-13(5-7-14)12-21-15-8-9-16(18)17(19)11-15/h4-9,11,20-21H,2-3,10,12H2,1H3. The highest BCUT2D eigenvalue weighted by molar-refractivity contribution is 6.42. The molecule has 0 unspecified atom stereocenters. The van der Waals surface area contributed by atoms with E-state index >= 15 is 0 Å². The van der Waals surface area contributed by atoms with Crippen LogP contribution in [0.25, 0.3) is 0 Å². The molecule has 0 aliphatic rings. The normalized spacial score (nSPS) is 10.4. The van der Waals surface area contributed by atoms with Gasteiger partial charge in [0.25, 0.3) is 0 Å². The van der Waals surface area contributed by atoms with E-state index in [0.717, 1.165) is 18.8 Å². The van der Waals surface area contributed by atoms with Crippen LogP contribution in [-0.4, -0.2) is 6.54 Å². The SMILES string of the molecule is CCCCNc1ccc(CNc2ccc(Cl)c(Cl)c2)cc1. The number of unbranched alkanes of at least 4 members (excludes halogenated alkanes) is 1. The Bertz CT molecular complexity index is 568. The topological polar surface area (TPSA) is 24.1 Å². The first kappa shape index (κ1) is 16.0. The van der Waals surface area contributed by atoms with Gasteiger partial charge < -0.3 is 10.6 Å². The Hall–Kier alpha value is -1.38. The summed E-state index contributed by atoms with van der Waals surface area (Å²) in [5.41, 5.74) is 3.36. The van der Waals surface area contributed by atoms with Crippen molar-refractivity contribution in [1.29, 1.82) is 0 Å². The number of benzene rings is 2. The first-order valence-electron chi connectivity index (χ1n) is 7.21. The second-order valence-corrected chi connectivity index (χ2v) is 5.77. The van der Waals surface area contributed by atoms with Crippen molar-refractivity contribution in [3.63, 3.8) is 0 Å². The molecule has 0 heterocycles. The highest BCUT2D eigenvalue weighted by Crippen LogP contribution is 2.25. The fraction of sp³-hybridized carbons (Fsp3) is 0.294. The van der Waals surface area contributed by atoms with Crippen LogP contribution in [0.3, 0.4) is 0 Å². The molecule has 112 valence electrons. The van der Waals surface area contributed by atoms with E-state index in [2.05, 4.69) is 41.8 Å². The fourth-order valence-electron chi connectivity index (χ4n) is 1.96. The molecular weight excluding hydrogens is 303 g/mol. The molecule has 0 aliphatic heterocycles. The smallest absolute Gasteiger partial charge is 0.0612 e. The van der Waals surface area contributed by atoms with Crippen LogP contribution in [0, 0.1) is 0 Å². The predicted molar refractivity (Wildman–Crippen MR) is 93.6 cm³/mol. The summed E-state index contributed by atoms with van der Waals surface area (Å²) >= 11 is 11.9. The molecule has 0 bridgehead atoms. The van der Waals surface area contributed by atoms with Crippen LogP contribution in [0.5, 0.6) is 0 Å². The number of hydrogen-bond donors (Lipinski definition) is 2. The molecule has 2 rings (SSSR count). The molecular formula is C17H20Cl2N2. The number of rotatable bonds is 7. The van der Waals surface area contributed by atoms with Gasteiger partial charge in [-0.25, -0.2) is 0 Å². The largest absolute Gasteiger partial charge is 0.385 e. The van der Waals surface area contributed by atoms with Crippen molar-refractivity contribution >= 4 is 34.6 Å². The molecule has 0 spiro atoms. The zero-order valence-corrected chi connectivity index (χ0v) is 13.6. The van der Waals surface area contributed by atoms with Crippen LogP contribution in [0.1, 0.15) is 25.3 Å². The molecule has 0 atom stereocenters. The van der Waals surface area contributed by atoms with Crippen molar-refractivity contribution in [2.24, 2.45) is 0 Å². The minimum Gasteiger partial charge on any atom is -0.385 e. The van der Waals surface area contributed by atoms with Crippen LogP contribution >= 0.6 is 23.2 Å². The molecule has 0 saturated heterocycles. The van der Waals surface area contributed by atoms with Crippen LogP contribution in [0.15, 0.2) is 42.5 Å². The maximum Gasteiger partial charge on any atom is 0.0612 e. The van der Waals surface area contributed by atoms with Crippen LogP contribution in [-0.2, 0) is 6.54 Å². The van der Waals surface area contributed by atoms with E-state index in [1.54, 1.807) is 6.07 Å². The summed E-state index contributed by atoms with van der Waals surface area (Å²) in [5.74, 6) is 0. The maximum absolute atomic E-state index is 6.00. The van der Waals surface area contributed by atoms with Gasteiger partial charge in [-0.05, 0) is 42.3 Å². The molecule has 2 nitrogen and oxygen atoms in total. The molecule has 0 aliphatic carbocycles. The first-order valence-corrected chi connectivity index (χ1v) is 7.96. The Morgan fingerprint density at radius 3 is 2.24 bits per heavy atom. The summed E-state index contributed by atoms with van der Waals surface area (Å²) < 4.78 is 0. The Balaban J connectivity index is 1.86. The lowest BCUT2D eigenvalue weighted by Gasteiger charge is -2.09. The van der Waals surface area contributed by atoms with Crippen molar-refractivity contribution in [2.75, 3.05) is 17.2 Å². The highest BCUT2D eigenvalue weighted by Gasteiger charge is 2.00. The number of anilines is 2. The van der Waals surface area contributed by atoms with Gasteiger partial charge in [0.2, 0.25) is 0 Å². The van der Waals surface area contributed by atoms with Crippen molar-refractivity contribution in [1.82, 2.24) is 0 Å². The third-order valence-corrected chi connectivity index (χ3v) is 3.97. The molecule has 0 radical (unpaired) electrons. The molecule has 0 saturated carbocycles. The monoisotopic (exact) mass is 322 g/mol. The van der Waals surface area contributed by atoms with Gasteiger partial charge in [-0.2, -0.15) is 0 Å². The zero-order chi connectivity index (χ0) is 15.1. The zero-order valence-electron chi connectivity index (χ0n) is 12.1. The third kappa shape index (κ3) is 5.14. The molecule has 21 heavy (non-hydrogen) atoms. The van der Waals surface area contributed by atoms with E-state index in [-0.39, 0.29) is 0 Å². The van der Waals surface area contributed by atoms with E-state index < -0.39 is 0 Å². The van der Waals surface area contributed by atoms with Gasteiger partial charge in [-0.15, -0.1) is 0 Å². The van der Waals surface area contributed by atoms with E-state index in [9.17, 15) is 0 Å². The molecule has 4 heteroatoms. The molecule has 0 fully saturated rings. The molecule has 2 N–H and O–H groups in total. The quantitative estimate of drug-likeness (QED) is 0.628. The summed E-state index contributed by atoms with van der Waals surface area (Å²) in [5, 5.41) is 7.89. The summed E-state index contributed by atoms with van der Waals surface area (Å²) in [6, 6.07) is 14.0. The van der Waals surface area contributed by atoms with Crippen molar-refractivity contribution in [3.05, 3.63) is 58.1 Å². The Labute approximate surface area is 136 Å². The lowest BCUT2D eigenvalue weighted by atomic mass is 10.2. The number of hydrogen-bond acceptors (Lipinski definition) is 2. The van der Waals surface area contributed by atoms with Gasteiger partial charge >= 0.3 is 0 Å². The average Bonchev–Trinajstić information content (AvgIpc) is 2.50. The van der Waals surface area contributed by atoms with E-state index in [0.29, 0.717) is 10.0 Å². The second kappa shape index (κ2) is 8.16. The highest BCUT2D eigenvalue weighted by atomic mass is 35.5. The fourth-order valence-corrected chi connectivity index (χ4v) is 2.26. The van der Waals surface area contributed by atoms with Gasteiger partial charge in [0.05, 0.1) is 10.0 Å². The minimum absolute atomic E-state index is 0.567. The van der Waals surface area contributed by atoms with Gasteiger partial charge in [-0.3, -0.25) is 0 Å². The lowest BCUT2D eigenvalue weighted by molar-refractivity contribution is 0.834. The maximum atomic E-state index is 6.00. The van der Waals surface area contributed by atoms with Crippen molar-refractivity contribution < 1.29 is 0 Å². The van der Waals surface area contributed by atoms with Crippen LogP contribution in [0.4, 0.5) is 11.4 Å². The first-order chi connectivity index (χ1) is 10.2. The summed E-state index contributed by atoms with van der Waals surface area (Å²) in [6.07, 6.45) is 2.40. The van der Waals surface area contributed by atoms with Crippen molar-refractivity contribution in [3.8, 4) is 0 Å². The summed E-state index contributed by atoms with van der Waals surface area (Å²) in [4.78, 5) is 0. The summed E-state index contributed by atoms with van der Waals surface area (Å²) in [6.45, 7) is 3.98. The summed E-state index contributed by atoms with van der Waals surface area (Å²) in [7, 11) is 0. The lowest BCUT2D eigenvalue weighted by Crippen LogP contribution is -2.02. The Kier molecular flexibility index (Phi) is 6.21. The molecule has 0 amide bonds. The Morgan fingerprint density at radius 1 is 0.857 bits per heavy atom. The molecule has 2 aromatic rings. The van der Waals surface area contributed by atoms with Gasteiger partial charge in [0, 0.05) is 24.5 Å². The van der Waals surface area contributed by atoms with Crippen molar-refractivity contribution in [2.45, 2.75) is 26.3 Å².